The lowest BCUT2D eigenvalue weighted by Gasteiger charge is -2.01. The van der Waals surface area contributed by atoms with E-state index in [2.05, 4.69) is 5.32 Å². The van der Waals surface area contributed by atoms with Crippen molar-refractivity contribution in [3.8, 4) is 0 Å². The van der Waals surface area contributed by atoms with Crippen LogP contribution in [0.4, 0.5) is 0 Å². The van der Waals surface area contributed by atoms with Crippen LogP contribution in [0.15, 0.2) is 0 Å². The second kappa shape index (κ2) is 25.3. The van der Waals surface area contributed by atoms with Crippen molar-refractivity contribution in [2.24, 2.45) is 22.9 Å². The van der Waals surface area contributed by atoms with Gasteiger partial charge in [-0.1, -0.05) is 0 Å². The molecule has 234 valence electrons. The van der Waals surface area contributed by atoms with Gasteiger partial charge in [-0.2, -0.15) is 0 Å². The van der Waals surface area contributed by atoms with Crippen LogP contribution < -0.4 is 28.3 Å². The molecule has 4 unspecified atom stereocenters. The van der Waals surface area contributed by atoms with Gasteiger partial charge in [-0.05, 0) is 32.7 Å². The molecule has 0 bridgehead atoms. The Morgan fingerprint density at radius 1 is 0.725 bits per heavy atom. The van der Waals surface area contributed by atoms with Gasteiger partial charge in [0.2, 0.25) is 0 Å². The lowest BCUT2D eigenvalue weighted by atomic mass is 10.2. The Hall–Kier alpha value is -3.95. The fourth-order valence-electron chi connectivity index (χ4n) is 1.65. The standard InChI is InChI=1S/C5H9NO4.C5H9NO2.C4H7NO4.C3H7NO3.C3H7NO2/c6-3(5(9)10)1-2-4(7)8;7-5(8)4-2-1-3-6-4;5-2(4(8)9)1-3(6)7;4-2(1-5)3(6)7;1-2(4)3(5)6/h3H,1-2,6H2,(H,7,8)(H,9,10);4,6H,1-3H2,(H,7,8);2H,1,5H2,(H,6,7)(H,8,9);2,5H,1,4H2,(H,6,7);2H,4H2,1H3,(H,5,6)/t;4-;;;/m.0.../s1. The number of carbonyl (C=O) groups is 7. The molecule has 1 saturated heterocycles. The first-order valence-corrected chi connectivity index (χ1v) is 11.1. The van der Waals surface area contributed by atoms with E-state index in [1.54, 1.807) is 0 Å². The Morgan fingerprint density at radius 3 is 1.30 bits per heavy atom. The normalized spacial score (nSPS) is 16.0. The minimum atomic E-state index is -1.29. The summed E-state index contributed by atoms with van der Waals surface area (Å²) in [4.78, 5) is 68.8. The summed E-state index contributed by atoms with van der Waals surface area (Å²) < 4.78 is 0. The number of aliphatic hydroxyl groups is 1. The molecule has 1 aliphatic rings. The van der Waals surface area contributed by atoms with Crippen LogP contribution in [0.1, 0.15) is 39.0 Å². The fourth-order valence-corrected chi connectivity index (χ4v) is 1.65. The van der Waals surface area contributed by atoms with Crippen LogP contribution in [0, 0.1) is 0 Å². The summed E-state index contributed by atoms with van der Waals surface area (Å²) in [5.74, 6) is -7.56. The number of carboxylic acids is 7. The van der Waals surface area contributed by atoms with E-state index in [9.17, 15) is 33.6 Å². The molecule has 40 heavy (non-hydrogen) atoms. The van der Waals surface area contributed by atoms with Crippen LogP contribution in [-0.4, -0.2) is 126 Å². The zero-order chi connectivity index (χ0) is 32.6. The Bertz CT molecular complexity index is 803. The van der Waals surface area contributed by atoms with Crippen molar-refractivity contribution in [2.75, 3.05) is 13.2 Å². The van der Waals surface area contributed by atoms with Crippen LogP contribution in [-0.2, 0) is 33.6 Å². The number of carboxylic acid groups (broad SMARTS) is 7. The molecule has 0 saturated carbocycles. The molecule has 0 amide bonds. The van der Waals surface area contributed by atoms with Gasteiger partial charge in [-0.25, -0.2) is 0 Å². The van der Waals surface area contributed by atoms with Crippen LogP contribution in [0.5, 0.6) is 0 Å². The third kappa shape index (κ3) is 32.1. The summed E-state index contributed by atoms with van der Waals surface area (Å²) in [6.07, 6.45) is 1.03. The predicted octanol–water partition coefficient (Wildman–Crippen LogP) is -4.23. The van der Waals surface area contributed by atoms with Crippen molar-refractivity contribution in [1.29, 1.82) is 0 Å². The van der Waals surface area contributed by atoms with Gasteiger partial charge in [0, 0.05) is 6.42 Å². The molecule has 0 aromatic heterocycles. The summed E-state index contributed by atoms with van der Waals surface area (Å²) in [6.45, 7) is 1.77. The molecule has 0 aromatic rings. The van der Waals surface area contributed by atoms with E-state index in [0.29, 0.717) is 0 Å². The zero-order valence-electron chi connectivity index (χ0n) is 21.6. The Labute approximate surface area is 227 Å². The van der Waals surface area contributed by atoms with Gasteiger partial charge in [0.1, 0.15) is 30.2 Å². The van der Waals surface area contributed by atoms with E-state index in [-0.39, 0.29) is 18.9 Å². The van der Waals surface area contributed by atoms with Gasteiger partial charge in [0.15, 0.2) is 0 Å². The predicted molar refractivity (Wildman–Crippen MR) is 133 cm³/mol. The van der Waals surface area contributed by atoms with Crippen molar-refractivity contribution < 1.29 is 74.4 Å². The van der Waals surface area contributed by atoms with E-state index < -0.39 is 79.0 Å². The molecule has 17 N–H and O–H groups in total. The Kier molecular flexibility index (Phi) is 27.3. The van der Waals surface area contributed by atoms with E-state index in [1.807, 2.05) is 0 Å². The van der Waals surface area contributed by atoms with Gasteiger partial charge in [-0.15, -0.1) is 0 Å². The number of nitrogens with one attached hydrogen (secondary N) is 1. The van der Waals surface area contributed by atoms with Gasteiger partial charge in [0.05, 0.1) is 13.0 Å². The lowest BCUT2D eigenvalue weighted by molar-refractivity contribution is -0.144. The minimum Gasteiger partial charge on any atom is -0.481 e. The number of aliphatic hydroxyl groups excluding tert-OH is 1. The molecule has 1 rings (SSSR count). The SMILES string of the molecule is CC(N)C(=O)O.NC(CC(=O)O)C(=O)O.NC(CCC(=O)O)C(=O)O.NC(CO)C(=O)O.O=C(O)[C@@H]1CCCN1. The maximum absolute atomic E-state index is 10.1. The monoisotopic (exact) mass is 589 g/mol. The highest BCUT2D eigenvalue weighted by atomic mass is 16.4. The summed E-state index contributed by atoms with van der Waals surface area (Å²) in [7, 11) is 0. The summed E-state index contributed by atoms with van der Waals surface area (Å²) >= 11 is 0. The van der Waals surface area contributed by atoms with E-state index in [4.69, 9.17) is 63.8 Å². The molecule has 20 nitrogen and oxygen atoms in total. The Morgan fingerprint density at radius 2 is 1.15 bits per heavy atom. The molecule has 1 heterocycles. The maximum Gasteiger partial charge on any atom is 0.322 e. The van der Waals surface area contributed by atoms with Gasteiger partial charge >= 0.3 is 41.8 Å². The average Bonchev–Trinajstić information content (AvgIpc) is 3.38. The second-order valence-electron chi connectivity index (χ2n) is 7.66. The van der Waals surface area contributed by atoms with Crippen LogP contribution in [0.25, 0.3) is 0 Å². The smallest absolute Gasteiger partial charge is 0.322 e. The lowest BCUT2D eigenvalue weighted by Crippen LogP contribution is -2.33. The molecule has 1 aliphatic heterocycles. The minimum absolute atomic E-state index is 0.0231. The molecule has 0 radical (unpaired) electrons. The number of rotatable bonds is 11. The third-order valence-corrected chi connectivity index (χ3v) is 3.96. The van der Waals surface area contributed by atoms with Crippen molar-refractivity contribution in [3.63, 3.8) is 0 Å². The molecular weight excluding hydrogens is 550 g/mol. The molecule has 20 heteroatoms. The number of hydrogen-bond acceptors (Lipinski definition) is 13. The molecule has 0 spiro atoms. The highest BCUT2D eigenvalue weighted by Crippen LogP contribution is 2.03. The number of hydrogen-bond donors (Lipinski definition) is 13. The summed E-state index contributed by atoms with van der Waals surface area (Å²) in [5, 5.41) is 67.3. The van der Waals surface area contributed by atoms with E-state index in [1.165, 1.54) is 6.92 Å². The molecule has 1 fully saturated rings. The van der Waals surface area contributed by atoms with E-state index in [0.717, 1.165) is 19.4 Å². The average molecular weight is 590 g/mol. The van der Waals surface area contributed by atoms with Crippen LogP contribution in [0.2, 0.25) is 0 Å². The highest BCUT2D eigenvalue weighted by Gasteiger charge is 2.20. The third-order valence-electron chi connectivity index (χ3n) is 3.96. The largest absolute Gasteiger partial charge is 0.481 e. The van der Waals surface area contributed by atoms with Crippen molar-refractivity contribution in [2.45, 2.75) is 69.2 Å². The summed E-state index contributed by atoms with van der Waals surface area (Å²) in [5.41, 5.74) is 19.4. The van der Waals surface area contributed by atoms with E-state index >= 15 is 0 Å². The fraction of sp³-hybridized carbons (Fsp3) is 0.650. The molecule has 0 aromatic carbocycles. The van der Waals surface area contributed by atoms with Crippen molar-refractivity contribution in [3.05, 3.63) is 0 Å². The zero-order valence-corrected chi connectivity index (χ0v) is 21.6. The first kappa shape index (κ1) is 43.1. The topological polar surface area (TPSA) is 397 Å². The molecule has 0 aliphatic carbocycles. The van der Waals surface area contributed by atoms with Gasteiger partial charge < -0.3 is 69.1 Å². The van der Waals surface area contributed by atoms with Crippen molar-refractivity contribution in [1.82, 2.24) is 5.32 Å². The first-order chi connectivity index (χ1) is 18.2. The van der Waals surface area contributed by atoms with Crippen molar-refractivity contribution >= 4 is 41.8 Å². The molecule has 5 atom stereocenters. The first-order valence-electron chi connectivity index (χ1n) is 11.1. The van der Waals surface area contributed by atoms with Crippen LogP contribution >= 0.6 is 0 Å². The van der Waals surface area contributed by atoms with Gasteiger partial charge in [0.25, 0.3) is 0 Å². The number of nitrogens with two attached hydrogens (primary N) is 4. The highest BCUT2D eigenvalue weighted by molar-refractivity contribution is 5.80. The second-order valence-corrected chi connectivity index (χ2v) is 7.66. The quantitative estimate of drug-likeness (QED) is 0.108. The maximum atomic E-state index is 10.1. The number of aliphatic carboxylic acids is 7. The van der Waals surface area contributed by atoms with Gasteiger partial charge in [-0.3, -0.25) is 33.6 Å². The summed E-state index contributed by atoms with van der Waals surface area (Å²) in [6, 6.07) is -4.47. The van der Waals surface area contributed by atoms with Crippen LogP contribution in [0.3, 0.4) is 0 Å². The Balaban J connectivity index is -0.000000205. The molecular formula is C20H39N5O15.